The van der Waals surface area contributed by atoms with E-state index >= 15 is 0 Å². The van der Waals surface area contributed by atoms with Gasteiger partial charge in [0.2, 0.25) is 0 Å². The van der Waals surface area contributed by atoms with Crippen LogP contribution in [0.2, 0.25) is 5.02 Å². The zero-order chi connectivity index (χ0) is 21.0. The van der Waals surface area contributed by atoms with Crippen LogP contribution < -0.4 is 10.6 Å². The number of thiazole rings is 1. The summed E-state index contributed by atoms with van der Waals surface area (Å²) in [7, 11) is 0. The molecule has 3 rings (SSSR count). The minimum absolute atomic E-state index is 0.224. The molecule has 29 heavy (non-hydrogen) atoms. The van der Waals surface area contributed by atoms with Crippen molar-refractivity contribution in [2.75, 3.05) is 13.1 Å². The molecule has 0 unspecified atom stereocenters. The van der Waals surface area contributed by atoms with E-state index in [1.54, 1.807) is 38.1 Å². The van der Waals surface area contributed by atoms with E-state index in [-0.39, 0.29) is 24.6 Å². The molecule has 0 aliphatic rings. The van der Waals surface area contributed by atoms with Gasteiger partial charge in [-0.3, -0.25) is 9.59 Å². The molecule has 2 amide bonds. The maximum Gasteiger partial charge on any atom is 0.263 e. The van der Waals surface area contributed by atoms with E-state index in [0.717, 1.165) is 10.6 Å². The lowest BCUT2D eigenvalue weighted by atomic mass is 10.1. The average molecular weight is 432 g/mol. The van der Waals surface area contributed by atoms with Crippen molar-refractivity contribution in [1.82, 2.24) is 15.6 Å². The summed E-state index contributed by atoms with van der Waals surface area (Å²) in [5.74, 6) is -1.07. The molecule has 1 aromatic heterocycles. The second kappa shape index (κ2) is 9.15. The van der Waals surface area contributed by atoms with Crippen molar-refractivity contribution in [1.29, 1.82) is 0 Å². The monoisotopic (exact) mass is 431 g/mol. The third-order valence-electron chi connectivity index (χ3n) is 4.22. The Morgan fingerprint density at radius 2 is 1.69 bits per heavy atom. The van der Waals surface area contributed by atoms with Crippen LogP contribution in [0.3, 0.4) is 0 Å². The van der Waals surface area contributed by atoms with Crippen molar-refractivity contribution >= 4 is 34.8 Å². The number of nitrogens with zero attached hydrogens (tertiary/aromatic N) is 1. The highest BCUT2D eigenvalue weighted by molar-refractivity contribution is 7.17. The van der Waals surface area contributed by atoms with Crippen molar-refractivity contribution in [2.45, 2.75) is 13.8 Å². The summed E-state index contributed by atoms with van der Waals surface area (Å²) >= 11 is 7.20. The summed E-state index contributed by atoms with van der Waals surface area (Å²) in [5.41, 5.74) is 2.24. The number of amides is 2. The fourth-order valence-corrected chi connectivity index (χ4v) is 3.71. The summed E-state index contributed by atoms with van der Waals surface area (Å²) < 4.78 is 13.6. The van der Waals surface area contributed by atoms with E-state index in [0.29, 0.717) is 21.2 Å². The minimum Gasteiger partial charge on any atom is -0.350 e. The molecule has 2 N–H and O–H groups in total. The Bertz CT molecular complexity index is 1050. The van der Waals surface area contributed by atoms with Crippen molar-refractivity contribution in [3.8, 4) is 10.6 Å². The van der Waals surface area contributed by atoms with Crippen LogP contribution in [-0.4, -0.2) is 29.9 Å². The van der Waals surface area contributed by atoms with Crippen LogP contribution >= 0.6 is 22.9 Å². The predicted octanol–water partition coefficient (Wildman–Crippen LogP) is 4.38. The Morgan fingerprint density at radius 3 is 2.34 bits per heavy atom. The van der Waals surface area contributed by atoms with Gasteiger partial charge < -0.3 is 10.6 Å². The molecule has 3 aromatic rings. The van der Waals surface area contributed by atoms with Gasteiger partial charge >= 0.3 is 0 Å². The van der Waals surface area contributed by atoms with Crippen molar-refractivity contribution in [3.05, 3.63) is 75.0 Å². The Kier molecular flexibility index (Phi) is 6.61. The summed E-state index contributed by atoms with van der Waals surface area (Å²) in [6, 6.07) is 11.6. The van der Waals surface area contributed by atoms with Crippen LogP contribution in [0.5, 0.6) is 0 Å². The summed E-state index contributed by atoms with van der Waals surface area (Å²) in [6.07, 6.45) is 0. The zero-order valence-corrected chi connectivity index (χ0v) is 17.5. The topological polar surface area (TPSA) is 71.1 Å². The van der Waals surface area contributed by atoms with E-state index < -0.39 is 11.7 Å². The smallest absolute Gasteiger partial charge is 0.263 e. The van der Waals surface area contributed by atoms with Crippen LogP contribution in [-0.2, 0) is 0 Å². The molecule has 1 heterocycles. The zero-order valence-electron chi connectivity index (χ0n) is 15.9. The number of benzene rings is 2. The molecule has 5 nitrogen and oxygen atoms in total. The number of hydrogen-bond donors (Lipinski definition) is 2. The summed E-state index contributed by atoms with van der Waals surface area (Å²) in [4.78, 5) is 29.5. The standard InChI is InChI=1S/C21H19ClFN3O2S/c1-12-3-4-15(11-17(12)23)19(27)24-9-10-25-20(28)18-13(2)26-21(29-18)14-5-7-16(22)8-6-14/h3-8,11H,9-10H2,1-2H3,(H,24,27)(H,25,28). The SMILES string of the molecule is Cc1ccc(C(=O)NCCNC(=O)c2sc(-c3ccc(Cl)cc3)nc2C)cc1F. The quantitative estimate of drug-likeness (QED) is 0.569. The molecule has 0 aliphatic carbocycles. The Labute approximate surface area is 176 Å². The van der Waals surface area contributed by atoms with Crippen LogP contribution in [0.15, 0.2) is 42.5 Å². The Morgan fingerprint density at radius 1 is 1.03 bits per heavy atom. The number of carbonyl (C=O) groups is 2. The van der Waals surface area contributed by atoms with Crippen LogP contribution in [0.25, 0.3) is 10.6 Å². The number of hydrogen-bond acceptors (Lipinski definition) is 4. The molecule has 0 fully saturated rings. The number of carbonyl (C=O) groups excluding carboxylic acids is 2. The second-order valence-corrected chi connectivity index (χ2v) is 7.85. The van der Waals surface area contributed by atoms with Gasteiger partial charge in [0.1, 0.15) is 15.7 Å². The first-order valence-electron chi connectivity index (χ1n) is 8.91. The van der Waals surface area contributed by atoms with Gasteiger partial charge in [0.25, 0.3) is 11.8 Å². The normalized spacial score (nSPS) is 10.6. The van der Waals surface area contributed by atoms with Gasteiger partial charge in [-0.05, 0) is 43.7 Å². The average Bonchev–Trinajstić information content (AvgIpc) is 3.09. The summed E-state index contributed by atoms with van der Waals surface area (Å²) in [5, 5.41) is 6.79. The lowest BCUT2D eigenvalue weighted by Gasteiger charge is -2.07. The molecule has 0 spiro atoms. The molecule has 2 aromatic carbocycles. The molecule has 8 heteroatoms. The van der Waals surface area contributed by atoms with Gasteiger partial charge in [-0.15, -0.1) is 11.3 Å². The van der Waals surface area contributed by atoms with Crippen LogP contribution in [0.1, 0.15) is 31.3 Å². The first-order valence-corrected chi connectivity index (χ1v) is 10.1. The fourth-order valence-electron chi connectivity index (χ4n) is 2.59. The first-order chi connectivity index (χ1) is 13.8. The third-order valence-corrected chi connectivity index (χ3v) is 5.68. The first kappa shape index (κ1) is 21.0. The molecule has 0 radical (unpaired) electrons. The third kappa shape index (κ3) is 5.19. The predicted molar refractivity (Wildman–Crippen MR) is 113 cm³/mol. The second-order valence-electron chi connectivity index (χ2n) is 6.42. The molecule has 0 bridgehead atoms. The Hall–Kier alpha value is -2.77. The lowest BCUT2D eigenvalue weighted by Crippen LogP contribution is -2.34. The maximum absolute atomic E-state index is 13.6. The van der Waals surface area contributed by atoms with Crippen molar-refractivity contribution in [3.63, 3.8) is 0 Å². The molecule has 0 saturated carbocycles. The van der Waals surface area contributed by atoms with Crippen molar-refractivity contribution < 1.29 is 14.0 Å². The highest BCUT2D eigenvalue weighted by Crippen LogP contribution is 2.28. The van der Waals surface area contributed by atoms with Gasteiger partial charge in [0, 0.05) is 29.2 Å². The van der Waals surface area contributed by atoms with E-state index in [1.165, 1.54) is 17.4 Å². The lowest BCUT2D eigenvalue weighted by molar-refractivity contribution is 0.0929. The van der Waals surface area contributed by atoms with E-state index in [1.807, 2.05) is 12.1 Å². The fraction of sp³-hybridized carbons (Fsp3) is 0.190. The minimum atomic E-state index is -0.428. The van der Waals surface area contributed by atoms with E-state index in [2.05, 4.69) is 15.6 Å². The number of rotatable bonds is 6. The van der Waals surface area contributed by atoms with Gasteiger partial charge in [-0.2, -0.15) is 0 Å². The molecule has 0 saturated heterocycles. The van der Waals surface area contributed by atoms with Crippen LogP contribution in [0.4, 0.5) is 4.39 Å². The highest BCUT2D eigenvalue weighted by atomic mass is 35.5. The largest absolute Gasteiger partial charge is 0.350 e. The molecular formula is C21H19ClFN3O2S. The molecule has 0 aliphatic heterocycles. The Balaban J connectivity index is 1.53. The van der Waals surface area contributed by atoms with Gasteiger partial charge in [0.15, 0.2) is 0 Å². The molecule has 0 atom stereocenters. The van der Waals surface area contributed by atoms with Gasteiger partial charge in [0.05, 0.1) is 5.69 Å². The van der Waals surface area contributed by atoms with E-state index in [9.17, 15) is 14.0 Å². The molecular weight excluding hydrogens is 413 g/mol. The summed E-state index contributed by atoms with van der Waals surface area (Å²) in [6.45, 7) is 3.87. The van der Waals surface area contributed by atoms with Crippen LogP contribution in [0, 0.1) is 19.7 Å². The van der Waals surface area contributed by atoms with Gasteiger partial charge in [-0.25, -0.2) is 9.37 Å². The highest BCUT2D eigenvalue weighted by Gasteiger charge is 2.16. The maximum atomic E-state index is 13.6. The molecule has 150 valence electrons. The number of halogens is 2. The van der Waals surface area contributed by atoms with Crippen molar-refractivity contribution in [2.24, 2.45) is 0 Å². The number of aromatic nitrogens is 1. The number of nitrogens with one attached hydrogen (secondary N) is 2. The van der Waals surface area contributed by atoms with E-state index in [4.69, 9.17) is 11.6 Å². The van der Waals surface area contributed by atoms with Gasteiger partial charge in [-0.1, -0.05) is 29.8 Å². The number of aryl methyl sites for hydroxylation is 2.